The normalized spacial score (nSPS) is 19.0. The van der Waals surface area contributed by atoms with Crippen LogP contribution in [-0.4, -0.2) is 29.4 Å². The second kappa shape index (κ2) is 4.61. The fourth-order valence-electron chi connectivity index (χ4n) is 2.28. The number of thioether (sulfide) groups is 1. The SMILES string of the molecule is Cc1cc(C)c2c(c1)N(CC(=O)O)CC(C)S2. The Balaban J connectivity index is 2.44. The first kappa shape index (κ1) is 12.3. The van der Waals surface area contributed by atoms with Gasteiger partial charge in [-0.15, -0.1) is 11.8 Å². The summed E-state index contributed by atoms with van der Waals surface area (Å²) in [5, 5.41) is 9.40. The van der Waals surface area contributed by atoms with Gasteiger partial charge in [0.1, 0.15) is 6.54 Å². The highest BCUT2D eigenvalue weighted by Gasteiger charge is 2.25. The fraction of sp³-hybridized carbons (Fsp3) is 0.462. The third-order valence-electron chi connectivity index (χ3n) is 2.86. The van der Waals surface area contributed by atoms with E-state index in [1.807, 2.05) is 16.7 Å². The van der Waals surface area contributed by atoms with Crippen LogP contribution in [0.5, 0.6) is 0 Å². The molecule has 1 unspecified atom stereocenters. The summed E-state index contributed by atoms with van der Waals surface area (Å²) in [7, 11) is 0. The van der Waals surface area contributed by atoms with Gasteiger partial charge in [-0.05, 0) is 31.0 Å². The quantitative estimate of drug-likeness (QED) is 0.877. The summed E-state index contributed by atoms with van der Waals surface area (Å²) in [6.45, 7) is 7.17. The zero-order valence-corrected chi connectivity index (χ0v) is 11.2. The van der Waals surface area contributed by atoms with Crippen LogP contribution < -0.4 is 4.90 Å². The van der Waals surface area contributed by atoms with Crippen molar-refractivity contribution in [2.24, 2.45) is 0 Å². The molecular formula is C13H17NO2S. The van der Waals surface area contributed by atoms with Crippen molar-refractivity contribution >= 4 is 23.4 Å². The molecule has 2 rings (SSSR count). The van der Waals surface area contributed by atoms with Gasteiger partial charge in [-0.2, -0.15) is 0 Å². The number of hydrogen-bond acceptors (Lipinski definition) is 3. The van der Waals surface area contributed by atoms with Crippen LogP contribution in [0.2, 0.25) is 0 Å². The van der Waals surface area contributed by atoms with E-state index in [1.165, 1.54) is 16.0 Å². The number of carboxylic acid groups (broad SMARTS) is 1. The number of carboxylic acids is 1. The molecule has 4 heteroatoms. The first-order valence-corrected chi connectivity index (χ1v) is 6.60. The maximum atomic E-state index is 10.9. The predicted molar refractivity (Wildman–Crippen MR) is 71.1 cm³/mol. The minimum absolute atomic E-state index is 0.0841. The van der Waals surface area contributed by atoms with E-state index in [4.69, 9.17) is 5.11 Å². The summed E-state index contributed by atoms with van der Waals surface area (Å²) in [4.78, 5) is 14.1. The Bertz CT molecular complexity index is 459. The molecule has 17 heavy (non-hydrogen) atoms. The summed E-state index contributed by atoms with van der Waals surface area (Å²) in [6.07, 6.45) is 0. The molecule has 1 aliphatic heterocycles. The van der Waals surface area contributed by atoms with E-state index in [2.05, 4.69) is 32.9 Å². The number of fused-ring (bicyclic) bond motifs is 1. The van der Waals surface area contributed by atoms with Crippen molar-refractivity contribution in [3.05, 3.63) is 23.3 Å². The molecule has 0 saturated heterocycles. The van der Waals surface area contributed by atoms with Gasteiger partial charge >= 0.3 is 5.97 Å². The maximum Gasteiger partial charge on any atom is 0.323 e. The van der Waals surface area contributed by atoms with E-state index < -0.39 is 5.97 Å². The highest BCUT2D eigenvalue weighted by molar-refractivity contribution is 8.00. The number of benzene rings is 1. The van der Waals surface area contributed by atoms with Crippen LogP contribution >= 0.6 is 11.8 Å². The minimum Gasteiger partial charge on any atom is -0.480 e. The summed E-state index contributed by atoms with van der Waals surface area (Å²) < 4.78 is 0. The lowest BCUT2D eigenvalue weighted by Crippen LogP contribution is -2.37. The Morgan fingerprint density at radius 3 is 2.88 bits per heavy atom. The monoisotopic (exact) mass is 251 g/mol. The Kier molecular flexibility index (Phi) is 3.33. The fourth-order valence-corrected chi connectivity index (χ4v) is 3.49. The molecule has 1 heterocycles. The van der Waals surface area contributed by atoms with Gasteiger partial charge < -0.3 is 10.0 Å². The average molecular weight is 251 g/mol. The van der Waals surface area contributed by atoms with Crippen LogP contribution in [0, 0.1) is 13.8 Å². The number of rotatable bonds is 2. The van der Waals surface area contributed by atoms with Gasteiger partial charge in [0.15, 0.2) is 0 Å². The molecule has 1 aliphatic rings. The highest BCUT2D eigenvalue weighted by Crippen LogP contribution is 2.41. The summed E-state index contributed by atoms with van der Waals surface area (Å²) in [5.41, 5.74) is 3.51. The molecule has 0 amide bonds. The molecular weight excluding hydrogens is 234 g/mol. The van der Waals surface area contributed by atoms with Crippen LogP contribution in [-0.2, 0) is 4.79 Å². The lowest BCUT2D eigenvalue weighted by atomic mass is 10.1. The van der Waals surface area contributed by atoms with Crippen molar-refractivity contribution in [3.63, 3.8) is 0 Å². The van der Waals surface area contributed by atoms with Crippen LogP contribution in [0.4, 0.5) is 5.69 Å². The van der Waals surface area contributed by atoms with E-state index in [-0.39, 0.29) is 6.54 Å². The Morgan fingerprint density at radius 2 is 2.24 bits per heavy atom. The predicted octanol–water partition coefficient (Wildman–Crippen LogP) is 2.69. The standard InChI is InChI=1S/C13H17NO2S/c1-8-4-9(2)13-11(5-8)14(7-12(15)16)6-10(3)17-13/h4-5,10H,6-7H2,1-3H3,(H,15,16). The van der Waals surface area contributed by atoms with Gasteiger partial charge in [0.25, 0.3) is 0 Å². The van der Waals surface area contributed by atoms with E-state index in [0.717, 1.165) is 12.2 Å². The first-order chi connectivity index (χ1) is 7.97. The van der Waals surface area contributed by atoms with Crippen molar-refractivity contribution < 1.29 is 9.90 Å². The molecule has 1 aromatic rings. The Morgan fingerprint density at radius 1 is 1.53 bits per heavy atom. The molecule has 0 radical (unpaired) electrons. The van der Waals surface area contributed by atoms with Gasteiger partial charge in [-0.25, -0.2) is 0 Å². The van der Waals surface area contributed by atoms with Gasteiger partial charge in [0, 0.05) is 16.7 Å². The molecule has 0 fully saturated rings. The smallest absolute Gasteiger partial charge is 0.323 e. The first-order valence-electron chi connectivity index (χ1n) is 5.72. The second-order valence-electron chi connectivity index (χ2n) is 4.63. The molecule has 0 bridgehead atoms. The number of anilines is 1. The third kappa shape index (κ3) is 2.57. The van der Waals surface area contributed by atoms with Crippen molar-refractivity contribution in [2.75, 3.05) is 18.0 Å². The van der Waals surface area contributed by atoms with E-state index >= 15 is 0 Å². The molecule has 1 aromatic carbocycles. The largest absolute Gasteiger partial charge is 0.480 e. The second-order valence-corrected chi connectivity index (χ2v) is 6.08. The Hall–Kier alpha value is -1.16. The molecule has 3 nitrogen and oxygen atoms in total. The topological polar surface area (TPSA) is 40.5 Å². The van der Waals surface area contributed by atoms with Crippen molar-refractivity contribution in [1.29, 1.82) is 0 Å². The zero-order valence-electron chi connectivity index (χ0n) is 10.4. The minimum atomic E-state index is -0.769. The number of hydrogen-bond donors (Lipinski definition) is 1. The molecule has 1 N–H and O–H groups in total. The number of nitrogens with zero attached hydrogens (tertiary/aromatic N) is 1. The number of aliphatic carboxylic acids is 1. The molecule has 0 aromatic heterocycles. The van der Waals surface area contributed by atoms with Crippen molar-refractivity contribution in [3.8, 4) is 0 Å². The van der Waals surface area contributed by atoms with Crippen LogP contribution in [0.25, 0.3) is 0 Å². The van der Waals surface area contributed by atoms with E-state index in [9.17, 15) is 4.79 Å². The summed E-state index contributed by atoms with van der Waals surface area (Å²) in [6, 6.07) is 4.24. The molecule has 92 valence electrons. The van der Waals surface area contributed by atoms with Crippen LogP contribution in [0.15, 0.2) is 17.0 Å². The summed E-state index contributed by atoms with van der Waals surface area (Å²) in [5.74, 6) is -0.769. The Labute approximate surface area is 106 Å². The van der Waals surface area contributed by atoms with Gasteiger partial charge in [0.05, 0.1) is 5.69 Å². The number of carbonyl (C=O) groups is 1. The lowest BCUT2D eigenvalue weighted by Gasteiger charge is -2.34. The zero-order chi connectivity index (χ0) is 12.6. The van der Waals surface area contributed by atoms with Gasteiger partial charge in [-0.1, -0.05) is 13.0 Å². The van der Waals surface area contributed by atoms with E-state index in [0.29, 0.717) is 5.25 Å². The van der Waals surface area contributed by atoms with Crippen molar-refractivity contribution in [1.82, 2.24) is 0 Å². The maximum absolute atomic E-state index is 10.9. The molecule has 1 atom stereocenters. The molecule has 0 saturated carbocycles. The van der Waals surface area contributed by atoms with Crippen LogP contribution in [0.1, 0.15) is 18.1 Å². The lowest BCUT2D eigenvalue weighted by molar-refractivity contribution is -0.135. The average Bonchev–Trinajstić information content (AvgIpc) is 2.19. The van der Waals surface area contributed by atoms with Crippen molar-refractivity contribution in [2.45, 2.75) is 30.9 Å². The van der Waals surface area contributed by atoms with Crippen LogP contribution in [0.3, 0.4) is 0 Å². The summed E-state index contributed by atoms with van der Waals surface area (Å²) >= 11 is 1.84. The van der Waals surface area contributed by atoms with Gasteiger partial charge in [-0.3, -0.25) is 4.79 Å². The molecule has 0 aliphatic carbocycles. The highest BCUT2D eigenvalue weighted by atomic mass is 32.2. The van der Waals surface area contributed by atoms with Gasteiger partial charge in [0.2, 0.25) is 0 Å². The number of aryl methyl sites for hydroxylation is 2. The molecule has 0 spiro atoms. The third-order valence-corrected chi connectivity index (χ3v) is 4.18. The van der Waals surface area contributed by atoms with E-state index in [1.54, 1.807) is 0 Å².